The Hall–Kier alpha value is -2.68. The summed E-state index contributed by atoms with van der Waals surface area (Å²) < 4.78 is 8.62. The van der Waals surface area contributed by atoms with E-state index in [1.807, 2.05) is 6.92 Å². The number of fused-ring (bicyclic) bond motifs is 1. The first-order valence-electron chi connectivity index (χ1n) is 7.96. The van der Waals surface area contributed by atoms with Crippen LogP contribution in [0, 0.1) is 6.92 Å². The molecule has 9 nitrogen and oxygen atoms in total. The number of aromatic nitrogens is 4. The van der Waals surface area contributed by atoms with Crippen LogP contribution in [0.2, 0.25) is 0 Å². The van der Waals surface area contributed by atoms with Crippen molar-refractivity contribution in [3.05, 3.63) is 39.3 Å². The summed E-state index contributed by atoms with van der Waals surface area (Å²) in [6, 6.07) is 0. The summed E-state index contributed by atoms with van der Waals surface area (Å²) in [5, 5.41) is 17.0. The minimum atomic E-state index is -0.819. The molecule has 3 rings (SSSR count). The molecular formula is C16H21N5O4. The molecule has 1 aliphatic rings. The van der Waals surface area contributed by atoms with Crippen molar-refractivity contribution in [3.63, 3.8) is 0 Å². The van der Waals surface area contributed by atoms with Gasteiger partial charge in [0.1, 0.15) is 11.4 Å². The zero-order chi connectivity index (χ0) is 18.4. The van der Waals surface area contributed by atoms with Crippen LogP contribution in [0.5, 0.6) is 5.75 Å². The standard InChI is InChI=1S/C16H21N5O4/c1-9-10(8-20(4)19-9)7-17-13(23)11-12(22)14(24)21-5-6-25-16(2,3)15(21)18-11/h8,22H,5-7H2,1-4H3,(H,17,23). The number of rotatable bonds is 3. The smallest absolute Gasteiger partial charge is 0.296 e. The maximum absolute atomic E-state index is 12.5. The highest BCUT2D eigenvalue weighted by Crippen LogP contribution is 2.27. The second kappa shape index (κ2) is 5.99. The Kier molecular flexibility index (Phi) is 4.11. The molecule has 0 atom stereocenters. The number of hydrogen-bond acceptors (Lipinski definition) is 6. The van der Waals surface area contributed by atoms with E-state index in [9.17, 15) is 14.7 Å². The van der Waals surface area contributed by atoms with E-state index in [1.54, 1.807) is 31.8 Å². The van der Waals surface area contributed by atoms with Gasteiger partial charge in [-0.05, 0) is 20.8 Å². The first-order chi connectivity index (χ1) is 11.7. The number of aromatic hydroxyl groups is 1. The fourth-order valence-electron chi connectivity index (χ4n) is 2.91. The van der Waals surface area contributed by atoms with Crippen molar-refractivity contribution in [2.24, 2.45) is 7.05 Å². The molecule has 0 bridgehead atoms. The molecule has 9 heteroatoms. The van der Waals surface area contributed by atoms with Crippen molar-refractivity contribution >= 4 is 5.91 Å². The summed E-state index contributed by atoms with van der Waals surface area (Å²) >= 11 is 0. The van der Waals surface area contributed by atoms with Gasteiger partial charge >= 0.3 is 0 Å². The fraction of sp³-hybridized carbons (Fsp3) is 0.500. The lowest BCUT2D eigenvalue weighted by Gasteiger charge is -2.32. The van der Waals surface area contributed by atoms with Gasteiger partial charge in [-0.25, -0.2) is 4.98 Å². The second-order valence-electron chi connectivity index (χ2n) is 6.54. The molecule has 25 heavy (non-hydrogen) atoms. The first kappa shape index (κ1) is 17.2. The molecule has 0 radical (unpaired) electrons. The normalized spacial score (nSPS) is 15.7. The highest BCUT2D eigenvalue weighted by Gasteiger charge is 2.34. The molecule has 0 aliphatic carbocycles. The molecule has 2 aromatic rings. The van der Waals surface area contributed by atoms with Gasteiger partial charge in [0.05, 0.1) is 18.8 Å². The van der Waals surface area contributed by atoms with Crippen LogP contribution in [-0.2, 0) is 30.5 Å². The molecule has 1 amide bonds. The van der Waals surface area contributed by atoms with Crippen molar-refractivity contribution in [1.29, 1.82) is 0 Å². The molecule has 3 heterocycles. The van der Waals surface area contributed by atoms with Crippen LogP contribution >= 0.6 is 0 Å². The Morgan fingerprint density at radius 2 is 2.20 bits per heavy atom. The minimum Gasteiger partial charge on any atom is -0.501 e. The van der Waals surface area contributed by atoms with E-state index >= 15 is 0 Å². The third-order valence-electron chi connectivity index (χ3n) is 4.23. The lowest BCUT2D eigenvalue weighted by molar-refractivity contribution is -0.0566. The van der Waals surface area contributed by atoms with Crippen LogP contribution in [0.3, 0.4) is 0 Å². The maximum Gasteiger partial charge on any atom is 0.296 e. The third kappa shape index (κ3) is 3.02. The number of carbonyl (C=O) groups excluding carboxylic acids is 1. The van der Waals surface area contributed by atoms with Crippen molar-refractivity contribution in [2.75, 3.05) is 6.61 Å². The summed E-state index contributed by atoms with van der Waals surface area (Å²) in [7, 11) is 1.79. The highest BCUT2D eigenvalue weighted by atomic mass is 16.5. The molecule has 0 fully saturated rings. The van der Waals surface area contributed by atoms with Gasteiger partial charge in [-0.15, -0.1) is 0 Å². The van der Waals surface area contributed by atoms with Crippen LogP contribution in [-0.4, -0.2) is 37.0 Å². The van der Waals surface area contributed by atoms with Gasteiger partial charge < -0.3 is 15.2 Å². The molecule has 0 aromatic carbocycles. The van der Waals surface area contributed by atoms with E-state index < -0.39 is 22.8 Å². The van der Waals surface area contributed by atoms with E-state index in [-0.39, 0.29) is 18.8 Å². The number of aryl methyl sites for hydroxylation is 2. The van der Waals surface area contributed by atoms with Crippen molar-refractivity contribution in [1.82, 2.24) is 24.6 Å². The lowest BCUT2D eigenvalue weighted by Crippen LogP contribution is -2.42. The van der Waals surface area contributed by atoms with E-state index in [1.165, 1.54) is 4.57 Å². The van der Waals surface area contributed by atoms with Crippen LogP contribution < -0.4 is 10.9 Å². The van der Waals surface area contributed by atoms with Gasteiger partial charge in [-0.1, -0.05) is 0 Å². The molecule has 1 aliphatic heterocycles. The Labute approximate surface area is 144 Å². The average Bonchev–Trinajstić information content (AvgIpc) is 2.86. The first-order valence-corrected chi connectivity index (χ1v) is 7.96. The van der Waals surface area contributed by atoms with Crippen molar-refractivity contribution in [3.8, 4) is 5.75 Å². The number of ether oxygens (including phenoxy) is 1. The molecule has 0 saturated carbocycles. The molecular weight excluding hydrogens is 326 g/mol. The summed E-state index contributed by atoms with van der Waals surface area (Å²) in [6.07, 6.45) is 1.79. The summed E-state index contributed by atoms with van der Waals surface area (Å²) in [6.45, 7) is 6.21. The van der Waals surface area contributed by atoms with Gasteiger partial charge in [0.25, 0.3) is 11.5 Å². The Morgan fingerprint density at radius 1 is 1.48 bits per heavy atom. The van der Waals surface area contributed by atoms with Crippen LogP contribution in [0.25, 0.3) is 0 Å². The monoisotopic (exact) mass is 347 g/mol. The summed E-state index contributed by atoms with van der Waals surface area (Å²) in [4.78, 5) is 29.1. The minimum absolute atomic E-state index is 0.220. The van der Waals surface area contributed by atoms with E-state index in [4.69, 9.17) is 4.74 Å². The Balaban J connectivity index is 1.92. The van der Waals surface area contributed by atoms with Gasteiger partial charge in [0.2, 0.25) is 5.75 Å². The quantitative estimate of drug-likeness (QED) is 0.820. The molecule has 0 unspecified atom stereocenters. The highest BCUT2D eigenvalue weighted by molar-refractivity contribution is 5.94. The van der Waals surface area contributed by atoms with E-state index in [0.717, 1.165) is 11.3 Å². The SMILES string of the molecule is Cc1nn(C)cc1CNC(=O)c1nc2n(c(=O)c1O)CCOC2(C)C. The van der Waals surface area contributed by atoms with Gasteiger partial charge in [0, 0.05) is 25.4 Å². The molecule has 0 saturated heterocycles. The fourth-order valence-corrected chi connectivity index (χ4v) is 2.91. The predicted molar refractivity (Wildman–Crippen MR) is 88.3 cm³/mol. The third-order valence-corrected chi connectivity index (χ3v) is 4.23. The number of hydrogen-bond donors (Lipinski definition) is 2. The van der Waals surface area contributed by atoms with Gasteiger partial charge in [-0.3, -0.25) is 18.8 Å². The zero-order valence-electron chi connectivity index (χ0n) is 14.7. The van der Waals surface area contributed by atoms with Gasteiger partial charge in [-0.2, -0.15) is 5.10 Å². The Bertz CT molecular complexity index is 897. The van der Waals surface area contributed by atoms with Gasteiger partial charge in [0.15, 0.2) is 5.69 Å². The maximum atomic E-state index is 12.5. The second-order valence-corrected chi connectivity index (χ2v) is 6.54. The van der Waals surface area contributed by atoms with Crippen LogP contribution in [0.15, 0.2) is 11.0 Å². The lowest BCUT2D eigenvalue weighted by atomic mass is 10.1. The van der Waals surface area contributed by atoms with E-state index in [0.29, 0.717) is 12.4 Å². The topological polar surface area (TPSA) is 111 Å². The molecule has 134 valence electrons. The summed E-state index contributed by atoms with van der Waals surface area (Å²) in [5.74, 6) is -0.950. The molecule has 0 spiro atoms. The number of nitrogens with zero attached hydrogens (tertiary/aromatic N) is 4. The Morgan fingerprint density at radius 3 is 2.84 bits per heavy atom. The number of amides is 1. The number of carbonyl (C=O) groups is 1. The van der Waals surface area contributed by atoms with E-state index in [2.05, 4.69) is 15.4 Å². The number of nitrogens with one attached hydrogen (secondary N) is 1. The zero-order valence-corrected chi connectivity index (χ0v) is 14.7. The molecule has 2 N–H and O–H groups in total. The largest absolute Gasteiger partial charge is 0.501 e. The molecule has 2 aromatic heterocycles. The predicted octanol–water partition coefficient (Wildman–Crippen LogP) is 0.186. The van der Waals surface area contributed by atoms with Crippen molar-refractivity contribution in [2.45, 2.75) is 39.5 Å². The summed E-state index contributed by atoms with van der Waals surface area (Å²) in [5.41, 5.74) is -0.116. The van der Waals surface area contributed by atoms with Crippen molar-refractivity contribution < 1.29 is 14.6 Å². The van der Waals surface area contributed by atoms with Crippen LogP contribution in [0.4, 0.5) is 0 Å². The van der Waals surface area contributed by atoms with Crippen LogP contribution in [0.1, 0.15) is 41.4 Å². The average molecular weight is 347 g/mol.